The summed E-state index contributed by atoms with van der Waals surface area (Å²) in [4.78, 5) is 16.5. The number of ether oxygens (including phenoxy) is 1. The average molecular weight is 303 g/mol. The number of carbonyl (C=O) groups is 1. The van der Waals surface area contributed by atoms with Crippen molar-refractivity contribution in [2.75, 3.05) is 19.0 Å². The zero-order chi connectivity index (χ0) is 14.7. The molecule has 21 heavy (non-hydrogen) atoms. The number of carbonyl (C=O) groups excluding carboxylic acids is 1. The number of anilines is 1. The number of benzene rings is 1. The fraction of sp³-hybridized carbons (Fsp3) is 0.333. The van der Waals surface area contributed by atoms with E-state index in [0.717, 1.165) is 16.3 Å². The Morgan fingerprint density at radius 3 is 3.14 bits per heavy atom. The van der Waals surface area contributed by atoms with E-state index in [1.807, 2.05) is 29.6 Å². The van der Waals surface area contributed by atoms with Crippen molar-refractivity contribution in [1.29, 1.82) is 0 Å². The molecule has 1 saturated heterocycles. The highest BCUT2D eigenvalue weighted by Crippen LogP contribution is 2.24. The predicted octanol–water partition coefficient (Wildman–Crippen LogP) is 2.13. The lowest BCUT2D eigenvalue weighted by Gasteiger charge is -2.12. The molecule has 1 amide bonds. The molecule has 0 spiro atoms. The van der Waals surface area contributed by atoms with E-state index < -0.39 is 0 Å². The molecule has 2 atom stereocenters. The molecule has 1 aliphatic rings. The van der Waals surface area contributed by atoms with Crippen LogP contribution in [-0.2, 0) is 9.53 Å². The number of hydrogen-bond donors (Lipinski definition) is 2. The summed E-state index contributed by atoms with van der Waals surface area (Å²) < 4.78 is 5.26. The summed E-state index contributed by atoms with van der Waals surface area (Å²) in [6.45, 7) is 0.716. The van der Waals surface area contributed by atoms with Crippen molar-refractivity contribution in [3.05, 3.63) is 35.8 Å². The van der Waals surface area contributed by atoms with Crippen molar-refractivity contribution in [3.8, 4) is 10.6 Å². The molecule has 2 unspecified atom stereocenters. The van der Waals surface area contributed by atoms with Crippen molar-refractivity contribution in [3.63, 3.8) is 0 Å². The van der Waals surface area contributed by atoms with E-state index >= 15 is 0 Å². The van der Waals surface area contributed by atoms with Gasteiger partial charge in [0, 0.05) is 36.5 Å². The topological polar surface area (TPSA) is 63.2 Å². The standard InChI is InChI=1S/C15H17N3O2S/c1-20-12-8-13(17-9-12)14(19)18-11-4-2-3-10(7-11)15-16-5-6-21-15/h2-7,12-13,17H,8-9H2,1H3,(H,18,19). The highest BCUT2D eigenvalue weighted by molar-refractivity contribution is 7.13. The van der Waals surface area contributed by atoms with Gasteiger partial charge in [-0.3, -0.25) is 4.79 Å². The number of aromatic nitrogens is 1. The van der Waals surface area contributed by atoms with Crippen molar-refractivity contribution >= 4 is 22.9 Å². The molecular formula is C15H17N3O2S. The van der Waals surface area contributed by atoms with Gasteiger partial charge in [0.25, 0.3) is 0 Å². The van der Waals surface area contributed by atoms with Crippen LogP contribution in [0.5, 0.6) is 0 Å². The first-order valence-electron chi connectivity index (χ1n) is 6.83. The molecule has 0 bridgehead atoms. The van der Waals surface area contributed by atoms with E-state index in [4.69, 9.17) is 4.74 Å². The van der Waals surface area contributed by atoms with Gasteiger partial charge in [0.2, 0.25) is 5.91 Å². The number of thiazole rings is 1. The Labute approximate surface area is 127 Å². The number of amides is 1. The maximum Gasteiger partial charge on any atom is 0.241 e. The Morgan fingerprint density at radius 1 is 1.52 bits per heavy atom. The first kappa shape index (κ1) is 14.2. The summed E-state index contributed by atoms with van der Waals surface area (Å²) >= 11 is 1.58. The fourth-order valence-corrected chi connectivity index (χ4v) is 3.04. The van der Waals surface area contributed by atoms with Gasteiger partial charge in [-0.05, 0) is 18.6 Å². The van der Waals surface area contributed by atoms with E-state index in [2.05, 4.69) is 15.6 Å². The lowest BCUT2D eigenvalue weighted by molar-refractivity contribution is -0.118. The van der Waals surface area contributed by atoms with Gasteiger partial charge >= 0.3 is 0 Å². The third-order valence-corrected chi connectivity index (χ3v) is 4.37. The molecule has 2 heterocycles. The van der Waals surface area contributed by atoms with Crippen LogP contribution in [0.4, 0.5) is 5.69 Å². The highest BCUT2D eigenvalue weighted by Gasteiger charge is 2.29. The Bertz CT molecular complexity index is 615. The van der Waals surface area contributed by atoms with E-state index in [1.54, 1.807) is 24.6 Å². The molecule has 5 nitrogen and oxygen atoms in total. The summed E-state index contributed by atoms with van der Waals surface area (Å²) in [5, 5.41) is 9.01. The largest absolute Gasteiger partial charge is 0.380 e. The molecule has 0 aliphatic carbocycles. The Balaban J connectivity index is 1.68. The summed E-state index contributed by atoms with van der Waals surface area (Å²) in [6, 6.07) is 7.55. The number of methoxy groups -OCH3 is 1. The lowest BCUT2D eigenvalue weighted by atomic mass is 10.1. The first-order valence-corrected chi connectivity index (χ1v) is 7.71. The van der Waals surface area contributed by atoms with Crippen LogP contribution >= 0.6 is 11.3 Å². The van der Waals surface area contributed by atoms with Gasteiger partial charge in [-0.15, -0.1) is 11.3 Å². The summed E-state index contributed by atoms with van der Waals surface area (Å²) in [7, 11) is 1.67. The van der Waals surface area contributed by atoms with Crippen molar-refractivity contribution < 1.29 is 9.53 Å². The minimum Gasteiger partial charge on any atom is -0.380 e. The number of hydrogen-bond acceptors (Lipinski definition) is 5. The molecule has 1 fully saturated rings. The van der Waals surface area contributed by atoms with Crippen molar-refractivity contribution in [1.82, 2.24) is 10.3 Å². The Morgan fingerprint density at radius 2 is 2.43 bits per heavy atom. The van der Waals surface area contributed by atoms with Crippen molar-refractivity contribution in [2.45, 2.75) is 18.6 Å². The smallest absolute Gasteiger partial charge is 0.241 e. The molecule has 1 aliphatic heterocycles. The molecular weight excluding hydrogens is 286 g/mol. The second kappa shape index (κ2) is 6.34. The minimum atomic E-state index is -0.196. The van der Waals surface area contributed by atoms with E-state index in [-0.39, 0.29) is 18.1 Å². The Kier molecular flexibility index (Phi) is 4.28. The zero-order valence-electron chi connectivity index (χ0n) is 11.7. The summed E-state index contributed by atoms with van der Waals surface area (Å²) in [5.74, 6) is -0.0224. The van der Waals surface area contributed by atoms with Crippen LogP contribution < -0.4 is 10.6 Å². The molecule has 0 saturated carbocycles. The van der Waals surface area contributed by atoms with Gasteiger partial charge in [0.1, 0.15) is 5.01 Å². The summed E-state index contributed by atoms with van der Waals surface area (Å²) in [5.41, 5.74) is 1.80. The van der Waals surface area contributed by atoms with Crippen LogP contribution in [-0.4, -0.2) is 36.7 Å². The van der Waals surface area contributed by atoms with Gasteiger partial charge < -0.3 is 15.4 Å². The third-order valence-electron chi connectivity index (χ3n) is 3.55. The SMILES string of the molecule is COC1CNC(C(=O)Nc2cccc(-c3nccs3)c2)C1. The van der Waals surface area contributed by atoms with Crippen molar-refractivity contribution in [2.24, 2.45) is 0 Å². The van der Waals surface area contributed by atoms with Crippen LogP contribution in [0.3, 0.4) is 0 Å². The van der Waals surface area contributed by atoms with Crippen LogP contribution in [0.2, 0.25) is 0 Å². The van der Waals surface area contributed by atoms with Gasteiger partial charge in [-0.2, -0.15) is 0 Å². The molecule has 110 valence electrons. The lowest BCUT2D eigenvalue weighted by Crippen LogP contribution is -2.35. The number of rotatable bonds is 4. The minimum absolute atomic E-state index is 0.0224. The second-order valence-corrected chi connectivity index (χ2v) is 5.86. The number of nitrogens with zero attached hydrogens (tertiary/aromatic N) is 1. The molecule has 3 rings (SSSR count). The molecule has 1 aromatic carbocycles. The second-order valence-electron chi connectivity index (χ2n) is 4.96. The Hall–Kier alpha value is -1.76. The van der Waals surface area contributed by atoms with Gasteiger partial charge in [-0.25, -0.2) is 4.98 Å². The number of nitrogens with one attached hydrogen (secondary N) is 2. The van der Waals surface area contributed by atoms with Gasteiger partial charge in [-0.1, -0.05) is 12.1 Å². The van der Waals surface area contributed by atoms with Crippen LogP contribution in [0.15, 0.2) is 35.8 Å². The van der Waals surface area contributed by atoms with Crippen LogP contribution in [0.1, 0.15) is 6.42 Å². The normalized spacial score (nSPS) is 21.4. The molecule has 0 radical (unpaired) electrons. The highest BCUT2D eigenvalue weighted by atomic mass is 32.1. The van der Waals surface area contributed by atoms with Gasteiger partial charge in [0.15, 0.2) is 0 Å². The van der Waals surface area contributed by atoms with E-state index in [0.29, 0.717) is 13.0 Å². The third kappa shape index (κ3) is 3.29. The van der Waals surface area contributed by atoms with Crippen LogP contribution in [0, 0.1) is 0 Å². The molecule has 2 N–H and O–H groups in total. The zero-order valence-corrected chi connectivity index (χ0v) is 12.5. The molecule has 1 aromatic heterocycles. The maximum atomic E-state index is 12.2. The van der Waals surface area contributed by atoms with Gasteiger partial charge in [0.05, 0.1) is 12.1 Å². The quantitative estimate of drug-likeness (QED) is 0.908. The molecule has 6 heteroatoms. The molecule has 2 aromatic rings. The summed E-state index contributed by atoms with van der Waals surface area (Å²) in [6.07, 6.45) is 2.59. The maximum absolute atomic E-state index is 12.2. The van der Waals surface area contributed by atoms with Crippen LogP contribution in [0.25, 0.3) is 10.6 Å². The van der Waals surface area contributed by atoms with E-state index in [1.165, 1.54) is 0 Å². The predicted molar refractivity (Wildman–Crippen MR) is 83.4 cm³/mol. The van der Waals surface area contributed by atoms with E-state index in [9.17, 15) is 4.79 Å². The monoisotopic (exact) mass is 303 g/mol. The average Bonchev–Trinajstić information content (AvgIpc) is 3.19. The fourth-order valence-electron chi connectivity index (χ4n) is 2.41. The first-order chi connectivity index (χ1) is 10.3.